The van der Waals surface area contributed by atoms with Crippen molar-refractivity contribution in [2.45, 2.75) is 4.90 Å². The van der Waals surface area contributed by atoms with Crippen molar-refractivity contribution in [1.29, 1.82) is 0 Å². The van der Waals surface area contributed by atoms with Gasteiger partial charge < -0.3 is 10.5 Å². The van der Waals surface area contributed by atoms with Gasteiger partial charge in [0, 0.05) is 6.07 Å². The van der Waals surface area contributed by atoms with Gasteiger partial charge >= 0.3 is 0 Å². The molecule has 0 spiro atoms. The van der Waals surface area contributed by atoms with Gasteiger partial charge in [-0.05, 0) is 36.4 Å². The maximum atomic E-state index is 13.1. The van der Waals surface area contributed by atoms with Crippen molar-refractivity contribution in [3.8, 4) is 5.75 Å². The van der Waals surface area contributed by atoms with Gasteiger partial charge in [0.05, 0.1) is 23.4 Å². The Balaban J connectivity index is 2.32. The molecular formula is C13H13FN2O3S. The number of sulfonamides is 1. The van der Waals surface area contributed by atoms with E-state index in [1.807, 2.05) is 0 Å². The van der Waals surface area contributed by atoms with Gasteiger partial charge in [-0.3, -0.25) is 4.72 Å². The summed E-state index contributed by atoms with van der Waals surface area (Å²) in [6, 6.07) is 9.28. The standard InChI is InChI=1S/C13H13FN2O3S/c1-19-10-3-5-11(6-4-10)20(17,18)16-13-8-9(14)2-7-12(13)15/h2-8,16H,15H2,1H3. The number of hydrogen-bond donors (Lipinski definition) is 2. The molecule has 0 radical (unpaired) electrons. The highest BCUT2D eigenvalue weighted by atomic mass is 32.2. The maximum absolute atomic E-state index is 13.1. The average Bonchev–Trinajstić information content (AvgIpc) is 2.43. The van der Waals surface area contributed by atoms with Gasteiger partial charge in [0.1, 0.15) is 11.6 Å². The van der Waals surface area contributed by atoms with Crippen molar-refractivity contribution in [2.75, 3.05) is 17.6 Å². The van der Waals surface area contributed by atoms with Crippen LogP contribution in [0.2, 0.25) is 0 Å². The molecule has 0 saturated heterocycles. The Kier molecular flexibility index (Phi) is 3.80. The molecule has 2 aromatic carbocycles. The number of benzene rings is 2. The molecule has 0 aliphatic heterocycles. The lowest BCUT2D eigenvalue weighted by Crippen LogP contribution is -2.14. The summed E-state index contributed by atoms with van der Waals surface area (Å²) in [7, 11) is -2.35. The zero-order chi connectivity index (χ0) is 14.8. The molecule has 2 rings (SSSR count). The number of ether oxygens (including phenoxy) is 1. The summed E-state index contributed by atoms with van der Waals surface area (Å²) < 4.78 is 44.6. The first-order valence-electron chi connectivity index (χ1n) is 5.64. The summed E-state index contributed by atoms with van der Waals surface area (Å²) in [5.41, 5.74) is 5.75. The second kappa shape index (κ2) is 5.38. The van der Waals surface area contributed by atoms with Crippen LogP contribution in [-0.4, -0.2) is 15.5 Å². The summed E-state index contributed by atoms with van der Waals surface area (Å²) in [5, 5.41) is 0. The van der Waals surface area contributed by atoms with E-state index in [1.54, 1.807) is 0 Å². The predicted molar refractivity (Wildman–Crippen MR) is 74.6 cm³/mol. The smallest absolute Gasteiger partial charge is 0.261 e. The zero-order valence-electron chi connectivity index (χ0n) is 10.6. The summed E-state index contributed by atoms with van der Waals surface area (Å²) >= 11 is 0. The van der Waals surface area contributed by atoms with Gasteiger partial charge in [0.15, 0.2) is 0 Å². The largest absolute Gasteiger partial charge is 0.497 e. The highest BCUT2D eigenvalue weighted by Gasteiger charge is 2.16. The second-order valence-corrected chi connectivity index (χ2v) is 5.70. The lowest BCUT2D eigenvalue weighted by molar-refractivity contribution is 0.414. The van der Waals surface area contributed by atoms with Crippen molar-refractivity contribution >= 4 is 21.4 Å². The summed E-state index contributed by atoms with van der Waals surface area (Å²) in [6.07, 6.45) is 0. The van der Waals surface area contributed by atoms with E-state index in [2.05, 4.69) is 4.72 Å². The van der Waals surface area contributed by atoms with Crippen LogP contribution in [0.3, 0.4) is 0 Å². The molecule has 0 heterocycles. The van der Waals surface area contributed by atoms with Crippen molar-refractivity contribution in [3.05, 3.63) is 48.3 Å². The molecule has 20 heavy (non-hydrogen) atoms. The number of nitrogen functional groups attached to an aromatic ring is 1. The van der Waals surface area contributed by atoms with Gasteiger partial charge in [-0.2, -0.15) is 0 Å². The number of halogens is 1. The van der Waals surface area contributed by atoms with Crippen LogP contribution >= 0.6 is 0 Å². The monoisotopic (exact) mass is 296 g/mol. The predicted octanol–water partition coefficient (Wildman–Crippen LogP) is 2.22. The Morgan fingerprint density at radius 3 is 2.40 bits per heavy atom. The van der Waals surface area contributed by atoms with E-state index in [9.17, 15) is 12.8 Å². The van der Waals surface area contributed by atoms with Gasteiger partial charge in [0.25, 0.3) is 10.0 Å². The highest BCUT2D eigenvalue weighted by molar-refractivity contribution is 7.92. The highest BCUT2D eigenvalue weighted by Crippen LogP contribution is 2.24. The topological polar surface area (TPSA) is 81.4 Å². The quantitative estimate of drug-likeness (QED) is 0.848. The molecule has 5 nitrogen and oxygen atoms in total. The minimum absolute atomic E-state index is 0.000757. The number of methoxy groups -OCH3 is 1. The van der Waals surface area contributed by atoms with Crippen LogP contribution in [0.5, 0.6) is 5.75 Å². The number of hydrogen-bond acceptors (Lipinski definition) is 4. The van der Waals surface area contributed by atoms with E-state index in [0.717, 1.165) is 12.1 Å². The zero-order valence-corrected chi connectivity index (χ0v) is 11.4. The molecule has 0 saturated carbocycles. The van der Waals surface area contributed by atoms with Gasteiger partial charge in [-0.1, -0.05) is 0 Å². The molecular weight excluding hydrogens is 283 g/mol. The third kappa shape index (κ3) is 3.00. The third-order valence-corrected chi connectivity index (χ3v) is 4.01. The van der Waals surface area contributed by atoms with E-state index in [-0.39, 0.29) is 16.3 Å². The molecule has 2 aromatic rings. The fourth-order valence-corrected chi connectivity index (χ4v) is 2.65. The summed E-state index contributed by atoms with van der Waals surface area (Å²) in [6.45, 7) is 0. The Morgan fingerprint density at radius 1 is 1.15 bits per heavy atom. The normalized spacial score (nSPS) is 11.1. The molecule has 3 N–H and O–H groups in total. The van der Waals surface area contributed by atoms with Gasteiger partial charge in [-0.25, -0.2) is 12.8 Å². The van der Waals surface area contributed by atoms with Crippen LogP contribution in [0, 0.1) is 5.82 Å². The van der Waals surface area contributed by atoms with E-state index in [4.69, 9.17) is 10.5 Å². The van der Waals surface area contributed by atoms with Crippen LogP contribution in [0.1, 0.15) is 0 Å². The van der Waals surface area contributed by atoms with Crippen molar-refractivity contribution in [2.24, 2.45) is 0 Å². The van der Waals surface area contributed by atoms with Crippen LogP contribution < -0.4 is 15.2 Å². The first-order valence-corrected chi connectivity index (χ1v) is 7.12. The minimum atomic E-state index is -3.83. The number of rotatable bonds is 4. The van der Waals surface area contributed by atoms with E-state index < -0.39 is 15.8 Å². The maximum Gasteiger partial charge on any atom is 0.261 e. The van der Waals surface area contributed by atoms with Crippen molar-refractivity contribution < 1.29 is 17.5 Å². The first-order chi connectivity index (χ1) is 9.42. The molecule has 0 amide bonds. The molecule has 0 aliphatic rings. The van der Waals surface area contributed by atoms with Crippen LogP contribution in [0.25, 0.3) is 0 Å². The summed E-state index contributed by atoms with van der Waals surface area (Å²) in [5.74, 6) is -0.0409. The van der Waals surface area contributed by atoms with Gasteiger partial charge in [0.2, 0.25) is 0 Å². The number of nitrogens with two attached hydrogens (primary N) is 1. The molecule has 7 heteroatoms. The van der Waals surface area contributed by atoms with E-state index >= 15 is 0 Å². The molecule has 106 valence electrons. The van der Waals surface area contributed by atoms with Crippen LogP contribution in [-0.2, 0) is 10.0 Å². The molecule has 0 fully saturated rings. The Morgan fingerprint density at radius 2 is 1.80 bits per heavy atom. The van der Waals surface area contributed by atoms with Crippen LogP contribution in [0.15, 0.2) is 47.4 Å². The fraction of sp³-hybridized carbons (Fsp3) is 0.0769. The fourth-order valence-electron chi connectivity index (χ4n) is 1.58. The van der Waals surface area contributed by atoms with Crippen molar-refractivity contribution in [3.63, 3.8) is 0 Å². The Labute approximate surface area is 116 Å². The number of nitrogens with one attached hydrogen (secondary N) is 1. The minimum Gasteiger partial charge on any atom is -0.497 e. The Bertz CT molecular complexity index is 715. The molecule has 0 bridgehead atoms. The van der Waals surface area contributed by atoms with E-state index in [0.29, 0.717) is 5.75 Å². The van der Waals surface area contributed by atoms with Crippen molar-refractivity contribution in [1.82, 2.24) is 0 Å². The molecule has 0 aromatic heterocycles. The molecule has 0 unspecified atom stereocenters. The number of anilines is 2. The van der Waals surface area contributed by atoms with Crippen LogP contribution in [0.4, 0.5) is 15.8 Å². The average molecular weight is 296 g/mol. The SMILES string of the molecule is COc1ccc(S(=O)(=O)Nc2cc(F)ccc2N)cc1. The molecule has 0 atom stereocenters. The van der Waals surface area contributed by atoms with Gasteiger partial charge in [-0.15, -0.1) is 0 Å². The summed E-state index contributed by atoms with van der Waals surface area (Å²) in [4.78, 5) is 0.0296. The Hall–Kier alpha value is -2.28. The van der Waals surface area contributed by atoms with E-state index in [1.165, 1.54) is 37.4 Å². The lowest BCUT2D eigenvalue weighted by Gasteiger charge is -2.10. The second-order valence-electron chi connectivity index (χ2n) is 4.01. The lowest BCUT2D eigenvalue weighted by atomic mass is 10.3. The molecule has 0 aliphatic carbocycles. The first kappa shape index (κ1) is 14.1. The third-order valence-electron chi connectivity index (χ3n) is 2.63.